The van der Waals surface area contributed by atoms with Crippen molar-refractivity contribution in [3.63, 3.8) is 0 Å². The Morgan fingerprint density at radius 2 is 2.17 bits per heavy atom. The molecule has 2 saturated carbocycles. The van der Waals surface area contributed by atoms with E-state index in [1.165, 1.54) is 12.0 Å². The molecule has 0 aromatic carbocycles. The van der Waals surface area contributed by atoms with E-state index in [0.29, 0.717) is 35.9 Å². The predicted molar refractivity (Wildman–Crippen MR) is 90.3 cm³/mol. The van der Waals surface area contributed by atoms with Gasteiger partial charge in [-0.3, -0.25) is 4.79 Å². The number of rotatable bonds is 2. The normalized spacial score (nSPS) is 41.8. The van der Waals surface area contributed by atoms with Crippen LogP contribution in [0, 0.1) is 41.4 Å². The summed E-state index contributed by atoms with van der Waals surface area (Å²) in [4.78, 5) is 12.4. The van der Waals surface area contributed by atoms with Crippen molar-refractivity contribution in [1.29, 1.82) is 0 Å². The van der Waals surface area contributed by atoms with Crippen LogP contribution in [-0.4, -0.2) is 12.4 Å². The van der Waals surface area contributed by atoms with Crippen molar-refractivity contribution in [2.75, 3.05) is 6.61 Å². The first-order valence-electron chi connectivity index (χ1n) is 9.24. The van der Waals surface area contributed by atoms with Gasteiger partial charge in [0, 0.05) is 12.8 Å². The fourth-order valence-electron chi connectivity index (χ4n) is 5.94. The summed E-state index contributed by atoms with van der Waals surface area (Å²) in [5.74, 6) is 6.86. The van der Waals surface area contributed by atoms with Crippen molar-refractivity contribution in [3.05, 3.63) is 23.5 Å². The molecule has 0 aliphatic heterocycles. The number of allylic oxidation sites excluding steroid dienone is 4. The Bertz CT molecular complexity index is 620. The first-order valence-corrected chi connectivity index (χ1v) is 9.24. The molecule has 0 spiro atoms. The lowest BCUT2D eigenvalue weighted by atomic mass is 9.53. The maximum absolute atomic E-state index is 12.4. The van der Waals surface area contributed by atoms with E-state index in [1.807, 2.05) is 0 Å². The molecule has 0 saturated heterocycles. The van der Waals surface area contributed by atoms with Crippen LogP contribution in [0.5, 0.6) is 0 Å². The molecule has 4 aliphatic rings. The quantitative estimate of drug-likeness (QED) is 0.712. The maximum atomic E-state index is 12.4. The molecule has 0 amide bonds. The van der Waals surface area contributed by atoms with Gasteiger partial charge in [0.2, 0.25) is 0 Å². The summed E-state index contributed by atoms with van der Waals surface area (Å²) in [5.41, 5.74) is 1.06. The number of Topliss-reactive ketones (excluding diaryl/α,β-unsaturated/α-hetero) is 1. The summed E-state index contributed by atoms with van der Waals surface area (Å²) in [6.45, 7) is 2.81. The van der Waals surface area contributed by atoms with Crippen LogP contribution in [0.2, 0.25) is 0 Å². The summed E-state index contributed by atoms with van der Waals surface area (Å²) < 4.78 is 5.73. The molecular weight excluding hydrogens is 284 g/mol. The van der Waals surface area contributed by atoms with E-state index in [-0.39, 0.29) is 0 Å². The highest BCUT2D eigenvalue weighted by molar-refractivity contribution is 5.90. The Hall–Kier alpha value is -1.49. The molecule has 0 radical (unpaired) electrons. The lowest BCUT2D eigenvalue weighted by Gasteiger charge is -2.50. The molecule has 23 heavy (non-hydrogen) atoms. The molecule has 1 unspecified atom stereocenters. The van der Waals surface area contributed by atoms with Crippen LogP contribution < -0.4 is 0 Å². The van der Waals surface area contributed by atoms with Gasteiger partial charge in [0.1, 0.15) is 0 Å². The van der Waals surface area contributed by atoms with Crippen LogP contribution in [0.4, 0.5) is 0 Å². The van der Waals surface area contributed by atoms with E-state index in [0.717, 1.165) is 44.5 Å². The standard InChI is InChI=1S/C21H26O2/c1-3-21-12-11-17-16-8-6-15(23-4-2)13-14(16)5-7-18(17)19(21)9-10-20(21)22/h1,5,13,16-19H,4,6-12H2,2H3/t16-,17+,18+,19-,21?/m0/s1. The smallest absolute Gasteiger partial charge is 0.151 e. The third-order valence-electron chi connectivity index (χ3n) is 6.94. The highest BCUT2D eigenvalue weighted by Gasteiger charge is 2.57. The first-order chi connectivity index (χ1) is 11.2. The lowest BCUT2D eigenvalue weighted by molar-refractivity contribution is -0.127. The number of terminal acetylenes is 1. The van der Waals surface area contributed by atoms with Gasteiger partial charge in [0.15, 0.2) is 5.78 Å². The maximum Gasteiger partial charge on any atom is 0.151 e. The van der Waals surface area contributed by atoms with Crippen LogP contribution in [0.3, 0.4) is 0 Å². The van der Waals surface area contributed by atoms with Gasteiger partial charge in [-0.1, -0.05) is 12.0 Å². The fourth-order valence-corrected chi connectivity index (χ4v) is 5.94. The average molecular weight is 310 g/mol. The van der Waals surface area contributed by atoms with Gasteiger partial charge in [0.25, 0.3) is 0 Å². The molecule has 0 aromatic heterocycles. The Morgan fingerprint density at radius 1 is 1.30 bits per heavy atom. The zero-order chi connectivity index (χ0) is 16.0. The summed E-state index contributed by atoms with van der Waals surface area (Å²) in [6, 6.07) is 0. The molecule has 0 N–H and O–H groups in total. The number of hydrogen-bond donors (Lipinski definition) is 0. The molecule has 122 valence electrons. The van der Waals surface area contributed by atoms with Crippen molar-refractivity contribution in [2.45, 2.75) is 51.9 Å². The fraction of sp³-hybridized carbons (Fsp3) is 0.667. The lowest BCUT2D eigenvalue weighted by Crippen LogP contribution is -2.46. The van der Waals surface area contributed by atoms with Crippen LogP contribution in [-0.2, 0) is 9.53 Å². The molecule has 0 heterocycles. The van der Waals surface area contributed by atoms with Crippen LogP contribution in [0.25, 0.3) is 0 Å². The Morgan fingerprint density at radius 3 is 2.96 bits per heavy atom. The van der Waals surface area contributed by atoms with Crippen molar-refractivity contribution < 1.29 is 9.53 Å². The third kappa shape index (κ3) is 2.12. The second kappa shape index (κ2) is 5.55. The number of carbonyl (C=O) groups is 1. The van der Waals surface area contributed by atoms with E-state index < -0.39 is 5.41 Å². The highest BCUT2D eigenvalue weighted by atomic mass is 16.5. The predicted octanol–water partition coefficient (Wildman–Crippen LogP) is 4.27. The number of ether oxygens (including phenoxy) is 1. The number of carbonyl (C=O) groups excluding carboxylic acids is 1. The van der Waals surface area contributed by atoms with Gasteiger partial charge < -0.3 is 4.74 Å². The molecule has 5 atom stereocenters. The van der Waals surface area contributed by atoms with E-state index in [2.05, 4.69) is 25.0 Å². The van der Waals surface area contributed by atoms with E-state index in [9.17, 15) is 4.79 Å². The first kappa shape index (κ1) is 15.1. The molecule has 2 nitrogen and oxygen atoms in total. The molecular formula is C21H26O2. The molecule has 4 aliphatic carbocycles. The van der Waals surface area contributed by atoms with Gasteiger partial charge in [-0.05, 0) is 74.3 Å². The topological polar surface area (TPSA) is 26.3 Å². The zero-order valence-electron chi connectivity index (χ0n) is 14.0. The number of fused-ring (bicyclic) bond motifs is 5. The van der Waals surface area contributed by atoms with Crippen LogP contribution >= 0.6 is 0 Å². The minimum atomic E-state index is -0.423. The largest absolute Gasteiger partial charge is 0.498 e. The van der Waals surface area contributed by atoms with Crippen LogP contribution in [0.15, 0.2) is 23.5 Å². The van der Waals surface area contributed by atoms with Crippen molar-refractivity contribution in [1.82, 2.24) is 0 Å². The Labute approximate surface area is 139 Å². The molecule has 2 fully saturated rings. The molecule has 0 bridgehead atoms. The van der Waals surface area contributed by atoms with Gasteiger partial charge in [-0.2, -0.15) is 0 Å². The highest BCUT2D eigenvalue weighted by Crippen LogP contribution is 2.59. The third-order valence-corrected chi connectivity index (χ3v) is 6.94. The van der Waals surface area contributed by atoms with Crippen LogP contribution in [0.1, 0.15) is 51.9 Å². The van der Waals surface area contributed by atoms with E-state index in [4.69, 9.17) is 11.2 Å². The zero-order valence-corrected chi connectivity index (χ0v) is 14.0. The number of hydrogen-bond acceptors (Lipinski definition) is 2. The van der Waals surface area contributed by atoms with E-state index in [1.54, 1.807) is 0 Å². The second-order valence-electron chi connectivity index (χ2n) is 7.68. The summed E-state index contributed by atoms with van der Waals surface area (Å²) >= 11 is 0. The Kier molecular flexibility index (Phi) is 3.63. The van der Waals surface area contributed by atoms with Crippen molar-refractivity contribution in [3.8, 4) is 12.3 Å². The van der Waals surface area contributed by atoms with E-state index >= 15 is 0 Å². The average Bonchev–Trinajstić information content (AvgIpc) is 2.92. The number of ketones is 1. The minimum Gasteiger partial charge on any atom is -0.498 e. The minimum absolute atomic E-state index is 0.348. The van der Waals surface area contributed by atoms with Crippen molar-refractivity contribution in [2.24, 2.45) is 29.1 Å². The summed E-state index contributed by atoms with van der Waals surface area (Å²) in [6.07, 6.45) is 17.7. The van der Waals surface area contributed by atoms with Gasteiger partial charge in [-0.15, -0.1) is 6.42 Å². The summed E-state index contributed by atoms with van der Waals surface area (Å²) in [7, 11) is 0. The van der Waals surface area contributed by atoms with Gasteiger partial charge in [0.05, 0.1) is 17.8 Å². The monoisotopic (exact) mass is 310 g/mol. The summed E-state index contributed by atoms with van der Waals surface area (Å²) in [5, 5.41) is 0. The molecule has 4 rings (SSSR count). The SMILES string of the molecule is C#CC12CC[C@H]3[C@@H](CC=C4C=C(OCC)CC[C@@H]43)[C@@H]1CCC2=O. The van der Waals surface area contributed by atoms with Crippen molar-refractivity contribution >= 4 is 5.78 Å². The molecule has 2 heteroatoms. The van der Waals surface area contributed by atoms with Gasteiger partial charge >= 0.3 is 0 Å². The molecule has 0 aromatic rings. The second-order valence-corrected chi connectivity index (χ2v) is 7.68. The Balaban J connectivity index is 1.63. The van der Waals surface area contributed by atoms with Gasteiger partial charge in [-0.25, -0.2) is 0 Å².